The van der Waals surface area contributed by atoms with Crippen molar-refractivity contribution in [2.24, 2.45) is 0 Å². The van der Waals surface area contributed by atoms with Crippen molar-refractivity contribution >= 4 is 26.0 Å². The predicted molar refractivity (Wildman–Crippen MR) is 83.8 cm³/mol. The van der Waals surface area contributed by atoms with E-state index in [4.69, 9.17) is 23.8 Å². The molecule has 1 rings (SSSR count). The number of phosphoric ester groups is 1. The van der Waals surface area contributed by atoms with Crippen LogP contribution in [0.5, 0.6) is 0 Å². The Bertz CT molecular complexity index is 611. The third-order valence-electron chi connectivity index (χ3n) is 3.14. The van der Waals surface area contributed by atoms with Crippen LogP contribution in [0.3, 0.4) is 0 Å². The number of phosphoric acid groups is 1. The van der Waals surface area contributed by atoms with Crippen LogP contribution in [0.2, 0.25) is 0 Å². The van der Waals surface area contributed by atoms with Crippen molar-refractivity contribution in [3.05, 3.63) is 12.3 Å². The van der Waals surface area contributed by atoms with E-state index < -0.39 is 44.2 Å². The minimum atomic E-state index is -4.80. The third kappa shape index (κ3) is 7.12. The standard InChI is InChI=1S/C13H21N2O9P/c1-13(2,24-25(19,20)21)10(8-22-3)23-9(7-16)6-15-5-4-11(17)14-12(15)18/h4-6,9-10,16H,7-8H2,1-3H3,(H2-,14,17,18,19,20,21)/p+1. The molecule has 2 unspecified atom stereocenters. The van der Waals surface area contributed by atoms with Crippen LogP contribution in [0.4, 0.5) is 4.79 Å². The van der Waals surface area contributed by atoms with Gasteiger partial charge in [-0.1, -0.05) is 0 Å². The number of ether oxygens (including phenoxy) is 2. The number of carbonyl (C=O) groups excluding carboxylic acids is 2. The van der Waals surface area contributed by atoms with Gasteiger partial charge in [0.25, 0.3) is 0 Å². The molecule has 0 bridgehead atoms. The highest BCUT2D eigenvalue weighted by Crippen LogP contribution is 2.43. The fraction of sp³-hybridized carbons (Fsp3) is 0.615. The zero-order chi connectivity index (χ0) is 19.3. The fourth-order valence-electron chi connectivity index (χ4n) is 1.98. The van der Waals surface area contributed by atoms with Gasteiger partial charge in [-0.25, -0.2) is 9.36 Å². The first kappa shape index (κ1) is 21.6. The Balaban J connectivity index is 2.97. The first-order valence-electron chi connectivity index (χ1n) is 7.16. The summed E-state index contributed by atoms with van der Waals surface area (Å²) in [4.78, 5) is 40.8. The van der Waals surface area contributed by atoms with E-state index in [0.29, 0.717) is 0 Å². The fourth-order valence-corrected chi connectivity index (χ4v) is 2.71. The van der Waals surface area contributed by atoms with Gasteiger partial charge in [-0.2, -0.15) is 14.7 Å². The summed E-state index contributed by atoms with van der Waals surface area (Å²) in [7, 11) is -3.44. The SMILES string of the molecule is COCC(OC(C=[N+]1C=CC(=O)NC1=O)CO)C(C)(C)OP(=O)(O)O. The maximum Gasteiger partial charge on any atom is 0.503 e. The lowest BCUT2D eigenvalue weighted by Crippen LogP contribution is -2.47. The largest absolute Gasteiger partial charge is 0.503 e. The highest BCUT2D eigenvalue weighted by atomic mass is 31.2. The number of urea groups is 1. The van der Waals surface area contributed by atoms with Crippen molar-refractivity contribution in [1.82, 2.24) is 5.32 Å². The van der Waals surface area contributed by atoms with Crippen LogP contribution < -0.4 is 5.32 Å². The summed E-state index contributed by atoms with van der Waals surface area (Å²) in [6.45, 7) is 2.13. The van der Waals surface area contributed by atoms with E-state index in [1.807, 2.05) is 5.32 Å². The minimum absolute atomic E-state index is 0.0993. The van der Waals surface area contributed by atoms with Gasteiger partial charge in [-0.05, 0) is 13.8 Å². The Morgan fingerprint density at radius 3 is 2.52 bits per heavy atom. The summed E-state index contributed by atoms with van der Waals surface area (Å²) in [6, 6.07) is -0.733. The van der Waals surface area contributed by atoms with Gasteiger partial charge in [-0.3, -0.25) is 4.52 Å². The zero-order valence-electron chi connectivity index (χ0n) is 14.0. The second kappa shape index (κ2) is 8.77. The van der Waals surface area contributed by atoms with E-state index in [0.717, 1.165) is 10.7 Å². The van der Waals surface area contributed by atoms with E-state index in [1.165, 1.54) is 33.4 Å². The molecule has 11 nitrogen and oxygen atoms in total. The average molecular weight is 381 g/mol. The molecule has 0 radical (unpaired) electrons. The molecule has 1 aliphatic heterocycles. The molecule has 0 spiro atoms. The molecule has 1 aliphatic rings. The van der Waals surface area contributed by atoms with Gasteiger partial charge < -0.3 is 24.4 Å². The summed E-state index contributed by atoms with van der Waals surface area (Å²) >= 11 is 0. The average Bonchev–Trinajstić information content (AvgIpc) is 2.45. The second-order valence-corrected chi connectivity index (χ2v) is 6.82. The van der Waals surface area contributed by atoms with Crippen molar-refractivity contribution < 1.29 is 47.6 Å². The predicted octanol–water partition coefficient (Wildman–Crippen LogP) is -0.886. The van der Waals surface area contributed by atoms with Gasteiger partial charge in [0.1, 0.15) is 30.2 Å². The maximum absolute atomic E-state index is 11.7. The minimum Gasteiger partial charge on any atom is -0.393 e. The van der Waals surface area contributed by atoms with Crippen molar-refractivity contribution in [3.8, 4) is 0 Å². The Morgan fingerprint density at radius 1 is 1.40 bits per heavy atom. The molecule has 2 atom stereocenters. The molecule has 1 heterocycles. The number of aliphatic hydroxyl groups is 1. The van der Waals surface area contributed by atoms with Crippen molar-refractivity contribution in [3.63, 3.8) is 0 Å². The molecule has 0 fully saturated rings. The van der Waals surface area contributed by atoms with Gasteiger partial charge in [0.2, 0.25) is 0 Å². The van der Waals surface area contributed by atoms with E-state index in [2.05, 4.69) is 0 Å². The van der Waals surface area contributed by atoms with Crippen molar-refractivity contribution in [2.75, 3.05) is 20.3 Å². The van der Waals surface area contributed by atoms with E-state index in [-0.39, 0.29) is 6.61 Å². The number of carbonyl (C=O) groups is 2. The third-order valence-corrected chi connectivity index (χ3v) is 3.85. The van der Waals surface area contributed by atoms with E-state index in [9.17, 15) is 19.3 Å². The van der Waals surface area contributed by atoms with Crippen LogP contribution in [-0.4, -0.2) is 75.8 Å². The molecule has 0 aromatic carbocycles. The molecule has 0 saturated carbocycles. The lowest BCUT2D eigenvalue weighted by Gasteiger charge is -2.34. The number of nitrogens with one attached hydrogen (secondary N) is 1. The normalized spacial score (nSPS) is 19.8. The Morgan fingerprint density at radius 2 is 2.04 bits per heavy atom. The van der Waals surface area contributed by atoms with Crippen LogP contribution in [0.25, 0.3) is 0 Å². The highest BCUT2D eigenvalue weighted by molar-refractivity contribution is 7.46. The lowest BCUT2D eigenvalue weighted by molar-refractivity contribution is -0.352. The highest BCUT2D eigenvalue weighted by Gasteiger charge is 2.39. The molecule has 25 heavy (non-hydrogen) atoms. The molecule has 4 N–H and O–H groups in total. The topological polar surface area (TPSA) is 155 Å². The maximum atomic E-state index is 11.7. The van der Waals surface area contributed by atoms with Crippen LogP contribution in [-0.2, 0) is 23.4 Å². The molecule has 0 aromatic heterocycles. The number of hydrogen-bond acceptors (Lipinski definition) is 7. The van der Waals surface area contributed by atoms with E-state index in [1.54, 1.807) is 0 Å². The molecule has 0 aliphatic carbocycles. The summed E-state index contributed by atoms with van der Waals surface area (Å²) in [5.41, 5.74) is -1.47. The van der Waals surface area contributed by atoms with Gasteiger partial charge in [0.05, 0.1) is 19.3 Å². The van der Waals surface area contributed by atoms with Gasteiger partial charge in [-0.15, -0.1) is 0 Å². The molecule has 12 heteroatoms. The van der Waals surface area contributed by atoms with Crippen LogP contribution in [0.15, 0.2) is 12.3 Å². The van der Waals surface area contributed by atoms with Crippen molar-refractivity contribution in [2.45, 2.75) is 31.7 Å². The van der Waals surface area contributed by atoms with Crippen LogP contribution >= 0.6 is 7.82 Å². The number of hydrogen-bond donors (Lipinski definition) is 4. The number of nitrogens with zero attached hydrogens (tertiary/aromatic N) is 1. The lowest BCUT2D eigenvalue weighted by atomic mass is 10.0. The van der Waals surface area contributed by atoms with Gasteiger partial charge >= 0.3 is 19.8 Å². The number of methoxy groups -OCH3 is 1. The van der Waals surface area contributed by atoms with E-state index >= 15 is 0 Å². The number of amides is 3. The molecule has 142 valence electrons. The molecular formula is C13H22N2O9P+. The Hall–Kier alpha value is -1.46. The summed E-state index contributed by atoms with van der Waals surface area (Å²) in [6.07, 6.45) is 1.48. The molecular weight excluding hydrogens is 359 g/mol. The van der Waals surface area contributed by atoms with Crippen molar-refractivity contribution in [1.29, 1.82) is 0 Å². The zero-order valence-corrected chi connectivity index (χ0v) is 14.9. The summed E-state index contributed by atoms with van der Waals surface area (Å²) in [5, 5.41) is 11.5. The first-order chi connectivity index (χ1) is 11.5. The van der Waals surface area contributed by atoms with Crippen LogP contribution in [0, 0.1) is 0 Å². The number of aliphatic hydroxyl groups excluding tert-OH is 1. The Labute approximate surface area is 144 Å². The number of imide groups is 1. The summed E-state index contributed by atoms with van der Waals surface area (Å²) < 4.78 is 27.4. The van der Waals surface area contributed by atoms with Gasteiger partial charge in [0.15, 0.2) is 0 Å². The number of rotatable bonds is 9. The van der Waals surface area contributed by atoms with Gasteiger partial charge in [0, 0.05) is 7.11 Å². The molecule has 0 saturated heterocycles. The van der Waals surface area contributed by atoms with Crippen LogP contribution in [0.1, 0.15) is 13.8 Å². The Kier molecular flexibility index (Phi) is 7.57. The smallest absolute Gasteiger partial charge is 0.393 e. The summed E-state index contributed by atoms with van der Waals surface area (Å²) in [5.74, 6) is -0.579. The quantitative estimate of drug-likeness (QED) is 0.294. The first-order valence-corrected chi connectivity index (χ1v) is 8.69. The molecule has 0 aromatic rings. The molecule has 3 amide bonds. The monoisotopic (exact) mass is 381 g/mol. The second-order valence-electron chi connectivity index (χ2n) is 5.65.